The molecule has 0 spiro atoms. The third-order valence-corrected chi connectivity index (χ3v) is 3.84. The lowest BCUT2D eigenvalue weighted by Gasteiger charge is -2.29. The van der Waals surface area contributed by atoms with Crippen molar-refractivity contribution in [3.63, 3.8) is 0 Å². The first kappa shape index (κ1) is 12.9. The minimum absolute atomic E-state index is 0.703. The zero-order valence-electron chi connectivity index (χ0n) is 12.1. The highest BCUT2D eigenvalue weighted by atomic mass is 15.1. The summed E-state index contributed by atoms with van der Waals surface area (Å²) in [5.41, 5.74) is 4.26. The summed E-state index contributed by atoms with van der Waals surface area (Å²) in [6.45, 7) is 1.76. The predicted octanol–water partition coefficient (Wildman–Crippen LogP) is 2.50. The Labute approximate surface area is 128 Å². The maximum absolute atomic E-state index is 4.70. The Balaban J connectivity index is 1.62. The van der Waals surface area contributed by atoms with E-state index in [0.29, 0.717) is 5.82 Å². The van der Waals surface area contributed by atoms with E-state index in [9.17, 15) is 0 Å². The third kappa shape index (κ3) is 2.41. The maximum atomic E-state index is 4.70. The summed E-state index contributed by atoms with van der Waals surface area (Å²) in [4.78, 5) is 20.0. The van der Waals surface area contributed by atoms with E-state index in [1.165, 1.54) is 5.56 Å². The average Bonchev–Trinajstić information content (AvgIpc) is 2.62. The van der Waals surface area contributed by atoms with E-state index in [-0.39, 0.29) is 0 Å². The molecule has 22 heavy (non-hydrogen) atoms. The van der Waals surface area contributed by atoms with Crippen molar-refractivity contribution in [2.75, 3.05) is 11.4 Å². The van der Waals surface area contributed by atoms with Crippen molar-refractivity contribution in [2.45, 2.75) is 13.0 Å². The normalized spacial score (nSPS) is 13.7. The molecule has 0 saturated carbocycles. The maximum Gasteiger partial charge on any atom is 0.178 e. The molecular formula is C17H15N5. The van der Waals surface area contributed by atoms with Crippen molar-refractivity contribution in [1.82, 2.24) is 19.9 Å². The van der Waals surface area contributed by atoms with Gasteiger partial charge in [0, 0.05) is 43.7 Å². The topological polar surface area (TPSA) is 54.8 Å². The van der Waals surface area contributed by atoms with Crippen LogP contribution in [-0.2, 0) is 13.0 Å². The third-order valence-electron chi connectivity index (χ3n) is 3.84. The standard InChI is InChI=1S/C17H15N5/c1-2-8-19-16(5-1)17-20-10-13-12-22(9-6-15(13)21-17)14-4-3-7-18-11-14/h1-5,7-8,10-11H,6,9,12H2. The molecule has 0 atom stereocenters. The fourth-order valence-corrected chi connectivity index (χ4v) is 2.70. The van der Waals surface area contributed by atoms with Crippen molar-refractivity contribution in [3.05, 3.63) is 66.4 Å². The molecule has 0 amide bonds. The van der Waals surface area contributed by atoms with Crippen LogP contribution in [0.2, 0.25) is 0 Å². The number of rotatable bonds is 2. The zero-order chi connectivity index (χ0) is 14.8. The van der Waals surface area contributed by atoms with Crippen LogP contribution in [-0.4, -0.2) is 26.5 Å². The molecule has 0 fully saturated rings. The lowest BCUT2D eigenvalue weighted by atomic mass is 10.1. The van der Waals surface area contributed by atoms with Crippen LogP contribution in [0.5, 0.6) is 0 Å². The Morgan fingerprint density at radius 2 is 1.95 bits per heavy atom. The van der Waals surface area contributed by atoms with Crippen LogP contribution in [0.25, 0.3) is 11.5 Å². The first-order valence-electron chi connectivity index (χ1n) is 7.31. The van der Waals surface area contributed by atoms with Crippen LogP contribution in [0.1, 0.15) is 11.3 Å². The molecule has 0 bridgehead atoms. The zero-order valence-corrected chi connectivity index (χ0v) is 12.1. The molecular weight excluding hydrogens is 274 g/mol. The average molecular weight is 289 g/mol. The number of anilines is 1. The van der Waals surface area contributed by atoms with Gasteiger partial charge < -0.3 is 4.90 Å². The number of pyridine rings is 2. The number of hydrogen-bond donors (Lipinski definition) is 0. The molecule has 3 aromatic rings. The Morgan fingerprint density at radius 3 is 2.77 bits per heavy atom. The smallest absolute Gasteiger partial charge is 0.178 e. The fraction of sp³-hybridized carbons (Fsp3) is 0.176. The molecule has 108 valence electrons. The summed E-state index contributed by atoms with van der Waals surface area (Å²) in [5, 5.41) is 0. The minimum Gasteiger partial charge on any atom is -0.365 e. The summed E-state index contributed by atoms with van der Waals surface area (Å²) < 4.78 is 0. The number of nitrogens with zero attached hydrogens (tertiary/aromatic N) is 5. The Kier molecular flexibility index (Phi) is 3.23. The molecule has 0 N–H and O–H groups in total. The Morgan fingerprint density at radius 1 is 0.955 bits per heavy atom. The molecule has 3 aromatic heterocycles. The predicted molar refractivity (Wildman–Crippen MR) is 84.3 cm³/mol. The van der Waals surface area contributed by atoms with Gasteiger partial charge in [-0.2, -0.15) is 0 Å². The van der Waals surface area contributed by atoms with E-state index in [4.69, 9.17) is 4.98 Å². The van der Waals surface area contributed by atoms with Gasteiger partial charge in [0.25, 0.3) is 0 Å². The fourth-order valence-electron chi connectivity index (χ4n) is 2.70. The van der Waals surface area contributed by atoms with E-state index in [1.54, 1.807) is 12.4 Å². The van der Waals surface area contributed by atoms with E-state index in [0.717, 1.165) is 36.6 Å². The van der Waals surface area contributed by atoms with Crippen LogP contribution in [0.4, 0.5) is 5.69 Å². The van der Waals surface area contributed by atoms with Gasteiger partial charge in [-0.3, -0.25) is 9.97 Å². The molecule has 0 aliphatic carbocycles. The van der Waals surface area contributed by atoms with Crippen molar-refractivity contribution in [1.29, 1.82) is 0 Å². The SMILES string of the molecule is c1ccc(-c2ncc3c(n2)CCN(c2cccnc2)C3)nc1. The molecule has 5 heteroatoms. The number of fused-ring (bicyclic) bond motifs is 1. The largest absolute Gasteiger partial charge is 0.365 e. The van der Waals surface area contributed by atoms with Gasteiger partial charge in [-0.05, 0) is 24.3 Å². The van der Waals surface area contributed by atoms with E-state index in [2.05, 4.69) is 25.9 Å². The minimum atomic E-state index is 0.703. The second-order valence-electron chi connectivity index (χ2n) is 5.26. The molecule has 5 nitrogen and oxygen atoms in total. The Bertz CT molecular complexity index is 774. The van der Waals surface area contributed by atoms with Crippen molar-refractivity contribution in [2.24, 2.45) is 0 Å². The molecule has 0 aromatic carbocycles. The van der Waals surface area contributed by atoms with Gasteiger partial charge in [0.05, 0.1) is 17.6 Å². The highest BCUT2D eigenvalue weighted by molar-refractivity contribution is 5.51. The van der Waals surface area contributed by atoms with Gasteiger partial charge in [0.15, 0.2) is 5.82 Å². The first-order valence-corrected chi connectivity index (χ1v) is 7.31. The molecule has 4 rings (SSSR count). The molecule has 4 heterocycles. The van der Waals surface area contributed by atoms with Crippen LogP contribution in [0.3, 0.4) is 0 Å². The van der Waals surface area contributed by atoms with Gasteiger partial charge >= 0.3 is 0 Å². The van der Waals surface area contributed by atoms with Crippen LogP contribution < -0.4 is 4.90 Å². The highest BCUT2D eigenvalue weighted by Gasteiger charge is 2.19. The summed E-state index contributed by atoms with van der Waals surface area (Å²) in [5.74, 6) is 0.703. The molecule has 0 unspecified atom stereocenters. The second kappa shape index (κ2) is 5.52. The van der Waals surface area contributed by atoms with Crippen molar-refractivity contribution < 1.29 is 0 Å². The van der Waals surface area contributed by atoms with E-state index < -0.39 is 0 Å². The van der Waals surface area contributed by atoms with Gasteiger partial charge in [0.1, 0.15) is 5.69 Å². The van der Waals surface area contributed by atoms with Gasteiger partial charge in [0.2, 0.25) is 0 Å². The van der Waals surface area contributed by atoms with E-state index in [1.807, 2.05) is 36.7 Å². The Hall–Kier alpha value is -2.82. The lowest BCUT2D eigenvalue weighted by molar-refractivity contribution is 0.705. The number of hydrogen-bond acceptors (Lipinski definition) is 5. The van der Waals surface area contributed by atoms with Crippen LogP contribution in [0, 0.1) is 0 Å². The highest BCUT2D eigenvalue weighted by Crippen LogP contribution is 2.23. The van der Waals surface area contributed by atoms with Crippen molar-refractivity contribution in [3.8, 4) is 11.5 Å². The first-order chi connectivity index (χ1) is 10.9. The van der Waals surface area contributed by atoms with Gasteiger partial charge in [-0.1, -0.05) is 6.07 Å². The van der Waals surface area contributed by atoms with Crippen LogP contribution >= 0.6 is 0 Å². The lowest BCUT2D eigenvalue weighted by Crippen LogP contribution is -2.31. The van der Waals surface area contributed by atoms with Crippen LogP contribution in [0.15, 0.2) is 55.1 Å². The molecule has 1 aliphatic heterocycles. The molecule has 0 saturated heterocycles. The van der Waals surface area contributed by atoms with E-state index >= 15 is 0 Å². The summed E-state index contributed by atoms with van der Waals surface area (Å²) in [7, 11) is 0. The monoisotopic (exact) mass is 289 g/mol. The number of aromatic nitrogens is 4. The van der Waals surface area contributed by atoms with Crippen molar-refractivity contribution >= 4 is 5.69 Å². The molecule has 1 aliphatic rings. The summed E-state index contributed by atoms with van der Waals surface area (Å²) >= 11 is 0. The second-order valence-corrected chi connectivity index (χ2v) is 5.26. The van der Waals surface area contributed by atoms with Gasteiger partial charge in [-0.25, -0.2) is 9.97 Å². The molecule has 0 radical (unpaired) electrons. The summed E-state index contributed by atoms with van der Waals surface area (Å²) in [6, 6.07) is 9.84. The van der Waals surface area contributed by atoms with Gasteiger partial charge in [-0.15, -0.1) is 0 Å². The summed E-state index contributed by atoms with van der Waals surface area (Å²) in [6.07, 6.45) is 8.29. The quantitative estimate of drug-likeness (QED) is 0.725.